The Kier molecular flexibility index (Phi) is 4.18. The van der Waals surface area contributed by atoms with E-state index in [1.54, 1.807) is 0 Å². The summed E-state index contributed by atoms with van der Waals surface area (Å²) in [5.41, 5.74) is 6.44. The smallest absolute Gasteiger partial charge is 0.00957 e. The molecule has 13 heavy (non-hydrogen) atoms. The van der Waals surface area contributed by atoms with Crippen LogP contribution in [0.3, 0.4) is 0 Å². The van der Waals surface area contributed by atoms with Crippen LogP contribution in [0.1, 0.15) is 48.0 Å². The molecule has 1 unspecified atom stereocenters. The summed E-state index contributed by atoms with van der Waals surface area (Å²) in [6, 6.07) is 0.263. The summed E-state index contributed by atoms with van der Waals surface area (Å²) in [7, 11) is 0. The third-order valence-electron chi connectivity index (χ3n) is 3.61. The second-order valence-electron chi connectivity index (χ2n) is 4.96. The summed E-state index contributed by atoms with van der Waals surface area (Å²) in [5.74, 6) is 0. The van der Waals surface area contributed by atoms with Crippen LogP contribution in [-0.4, -0.2) is 6.04 Å². The molecule has 0 spiro atoms. The summed E-state index contributed by atoms with van der Waals surface area (Å²) in [6.07, 6.45) is 5.40. The van der Waals surface area contributed by atoms with Gasteiger partial charge < -0.3 is 5.73 Å². The summed E-state index contributed by atoms with van der Waals surface area (Å²) >= 11 is 0. The molecule has 0 saturated carbocycles. The second-order valence-corrected chi connectivity index (χ2v) is 4.96. The number of hydrogen-bond acceptors (Lipinski definition) is 1. The van der Waals surface area contributed by atoms with E-state index in [0.717, 1.165) is 6.42 Å². The maximum absolute atomic E-state index is 6.13. The molecule has 1 heteroatoms. The zero-order chi connectivity index (χ0) is 10.7. The van der Waals surface area contributed by atoms with Gasteiger partial charge in [0.15, 0.2) is 0 Å². The Morgan fingerprint density at radius 2 is 1.69 bits per heavy atom. The minimum Gasteiger partial charge on any atom is -0.327 e. The zero-order valence-electron chi connectivity index (χ0n) is 10.0. The molecule has 0 aliphatic carbocycles. The maximum atomic E-state index is 6.13. The van der Waals surface area contributed by atoms with Crippen molar-refractivity contribution in [3.05, 3.63) is 12.2 Å². The first kappa shape index (κ1) is 12.7. The molecule has 0 aromatic carbocycles. The molecule has 0 saturated heterocycles. The van der Waals surface area contributed by atoms with Gasteiger partial charge in [0.25, 0.3) is 0 Å². The molecule has 0 rings (SSSR count). The number of allylic oxidation sites excluding steroid dienone is 2. The van der Waals surface area contributed by atoms with Crippen LogP contribution in [0.5, 0.6) is 0 Å². The average molecular weight is 183 g/mol. The molecule has 1 atom stereocenters. The molecule has 0 amide bonds. The topological polar surface area (TPSA) is 26.0 Å². The van der Waals surface area contributed by atoms with Gasteiger partial charge in [-0.25, -0.2) is 0 Å². The van der Waals surface area contributed by atoms with Gasteiger partial charge in [0.2, 0.25) is 0 Å². The normalized spacial score (nSPS) is 16.5. The van der Waals surface area contributed by atoms with Crippen molar-refractivity contribution in [1.82, 2.24) is 0 Å². The molecule has 78 valence electrons. The minimum absolute atomic E-state index is 0.147. The van der Waals surface area contributed by atoms with E-state index < -0.39 is 0 Å². The maximum Gasteiger partial charge on any atom is 0.00957 e. The standard InChI is InChI=1S/C12H25N/c1-7-9-11(3,4)12(5,6)10(13)8-2/h7,9-10H,8,13H2,1-6H3/b9-7-. The molecule has 0 heterocycles. The largest absolute Gasteiger partial charge is 0.327 e. The van der Waals surface area contributed by atoms with Crippen molar-refractivity contribution >= 4 is 0 Å². The lowest BCUT2D eigenvalue weighted by atomic mass is 9.63. The summed E-state index contributed by atoms with van der Waals surface area (Å²) in [4.78, 5) is 0. The summed E-state index contributed by atoms with van der Waals surface area (Å²) < 4.78 is 0. The van der Waals surface area contributed by atoms with E-state index in [0.29, 0.717) is 0 Å². The molecule has 0 bridgehead atoms. The van der Waals surface area contributed by atoms with Crippen molar-refractivity contribution in [3.63, 3.8) is 0 Å². The molecule has 1 nitrogen and oxygen atoms in total. The third-order valence-corrected chi connectivity index (χ3v) is 3.61. The highest BCUT2D eigenvalue weighted by Gasteiger charge is 2.38. The summed E-state index contributed by atoms with van der Waals surface area (Å²) in [6.45, 7) is 13.2. The Hall–Kier alpha value is -0.300. The van der Waals surface area contributed by atoms with Gasteiger partial charge in [-0.15, -0.1) is 0 Å². The van der Waals surface area contributed by atoms with Crippen molar-refractivity contribution in [3.8, 4) is 0 Å². The molecule has 0 aliphatic heterocycles. The van der Waals surface area contributed by atoms with E-state index in [9.17, 15) is 0 Å². The lowest BCUT2D eigenvalue weighted by Crippen LogP contribution is -2.46. The van der Waals surface area contributed by atoms with E-state index in [1.165, 1.54) is 0 Å². The van der Waals surface area contributed by atoms with Crippen molar-refractivity contribution in [1.29, 1.82) is 0 Å². The molecular formula is C12H25N. The van der Waals surface area contributed by atoms with Crippen LogP contribution in [0.2, 0.25) is 0 Å². The average Bonchev–Trinajstić information content (AvgIpc) is 2.02. The van der Waals surface area contributed by atoms with Gasteiger partial charge in [-0.05, 0) is 24.2 Å². The lowest BCUT2D eigenvalue weighted by molar-refractivity contribution is 0.122. The van der Waals surface area contributed by atoms with Gasteiger partial charge in [0.1, 0.15) is 0 Å². The van der Waals surface area contributed by atoms with Gasteiger partial charge in [-0.3, -0.25) is 0 Å². The number of hydrogen-bond donors (Lipinski definition) is 1. The van der Waals surface area contributed by atoms with Crippen LogP contribution >= 0.6 is 0 Å². The Balaban J connectivity index is 4.79. The molecule has 0 radical (unpaired) electrons. The quantitative estimate of drug-likeness (QED) is 0.665. The molecule has 0 aromatic heterocycles. The van der Waals surface area contributed by atoms with Crippen LogP contribution in [-0.2, 0) is 0 Å². The van der Waals surface area contributed by atoms with E-state index in [2.05, 4.69) is 53.7 Å². The van der Waals surface area contributed by atoms with Gasteiger partial charge in [-0.2, -0.15) is 0 Å². The first-order valence-corrected chi connectivity index (χ1v) is 5.19. The fourth-order valence-corrected chi connectivity index (χ4v) is 1.62. The van der Waals surface area contributed by atoms with Crippen molar-refractivity contribution in [2.24, 2.45) is 16.6 Å². The fraction of sp³-hybridized carbons (Fsp3) is 0.833. The Bertz CT molecular complexity index is 178. The Morgan fingerprint density at radius 1 is 1.23 bits per heavy atom. The molecule has 2 N–H and O–H groups in total. The number of rotatable bonds is 4. The van der Waals surface area contributed by atoms with Crippen molar-refractivity contribution in [2.45, 2.75) is 54.0 Å². The predicted octanol–water partition coefficient (Wildman–Crippen LogP) is 3.35. The first-order chi connectivity index (χ1) is 5.79. The first-order valence-electron chi connectivity index (χ1n) is 5.19. The van der Waals surface area contributed by atoms with Gasteiger partial charge >= 0.3 is 0 Å². The predicted molar refractivity (Wildman–Crippen MR) is 60.6 cm³/mol. The van der Waals surface area contributed by atoms with Crippen molar-refractivity contribution in [2.75, 3.05) is 0 Å². The van der Waals surface area contributed by atoms with E-state index in [1.807, 2.05) is 0 Å². The highest BCUT2D eigenvalue weighted by atomic mass is 14.7. The van der Waals surface area contributed by atoms with Crippen LogP contribution in [0, 0.1) is 10.8 Å². The Labute approximate surface area is 83.4 Å². The molecular weight excluding hydrogens is 158 g/mol. The third kappa shape index (κ3) is 2.57. The van der Waals surface area contributed by atoms with Crippen LogP contribution < -0.4 is 5.73 Å². The molecule has 0 fully saturated rings. The van der Waals surface area contributed by atoms with Crippen LogP contribution in [0.25, 0.3) is 0 Å². The van der Waals surface area contributed by atoms with Gasteiger partial charge in [-0.1, -0.05) is 46.8 Å². The SMILES string of the molecule is C/C=C\C(C)(C)C(C)(C)C(N)CC. The van der Waals surface area contributed by atoms with Crippen LogP contribution in [0.15, 0.2) is 12.2 Å². The lowest BCUT2D eigenvalue weighted by Gasteiger charge is -2.44. The zero-order valence-corrected chi connectivity index (χ0v) is 10.0. The highest BCUT2D eigenvalue weighted by Crippen LogP contribution is 2.42. The van der Waals surface area contributed by atoms with Gasteiger partial charge in [0, 0.05) is 6.04 Å². The van der Waals surface area contributed by atoms with Crippen molar-refractivity contribution < 1.29 is 0 Å². The highest BCUT2D eigenvalue weighted by molar-refractivity contribution is 5.04. The van der Waals surface area contributed by atoms with E-state index in [4.69, 9.17) is 5.73 Å². The van der Waals surface area contributed by atoms with E-state index >= 15 is 0 Å². The number of nitrogens with two attached hydrogens (primary N) is 1. The fourth-order valence-electron chi connectivity index (χ4n) is 1.62. The monoisotopic (exact) mass is 183 g/mol. The second kappa shape index (κ2) is 4.28. The van der Waals surface area contributed by atoms with E-state index in [-0.39, 0.29) is 16.9 Å². The Morgan fingerprint density at radius 3 is 2.00 bits per heavy atom. The summed E-state index contributed by atoms with van der Waals surface area (Å²) in [5, 5.41) is 0. The molecule has 0 aliphatic rings. The van der Waals surface area contributed by atoms with Gasteiger partial charge in [0.05, 0.1) is 0 Å². The minimum atomic E-state index is 0.147. The molecule has 0 aromatic rings. The van der Waals surface area contributed by atoms with Crippen LogP contribution in [0.4, 0.5) is 0 Å².